The molecule has 0 bridgehead atoms. The molecule has 0 unspecified atom stereocenters. The first kappa shape index (κ1) is 23.7. The predicted octanol–water partition coefficient (Wildman–Crippen LogP) is 1.91. The van der Waals surface area contributed by atoms with Crippen LogP contribution < -0.4 is 9.86 Å². The highest BCUT2D eigenvalue weighted by atomic mass is 32.2. The fourth-order valence-corrected chi connectivity index (χ4v) is 4.69. The van der Waals surface area contributed by atoms with Gasteiger partial charge >= 0.3 is 0 Å². The molecule has 2 aromatic heterocycles. The highest BCUT2D eigenvalue weighted by Crippen LogP contribution is 2.40. The fraction of sp³-hybridized carbons (Fsp3) is 0.409. The average molecular weight is 492 g/mol. The van der Waals surface area contributed by atoms with Gasteiger partial charge in [0.2, 0.25) is 10.0 Å². The molecule has 0 radical (unpaired) electrons. The van der Waals surface area contributed by atoms with E-state index in [-0.39, 0.29) is 41.0 Å². The Morgan fingerprint density at radius 2 is 1.85 bits per heavy atom. The number of aromatic hydroxyl groups is 1. The molecular formula is C22H26FN5O5S. The van der Waals surface area contributed by atoms with Gasteiger partial charge in [0.15, 0.2) is 17.3 Å². The minimum absolute atomic E-state index is 0.0741. The standard InChI is InChI=1S/C22H26FN5O5S/c1-12(2)26-10-13(3)28-17-16(19(29)18(28)22(26)31)21(30)27(11-14-6-8-15(23)9-7-14)24-20(17)25(4)34(5,32)33/h6-9,12-13,29H,10-11H2,1-5H3/t13-/m0/s1. The van der Waals surface area contributed by atoms with E-state index in [4.69, 9.17) is 0 Å². The maximum atomic E-state index is 13.5. The van der Waals surface area contributed by atoms with Crippen molar-refractivity contribution in [3.63, 3.8) is 0 Å². The molecule has 0 saturated heterocycles. The van der Waals surface area contributed by atoms with E-state index >= 15 is 0 Å². The van der Waals surface area contributed by atoms with Crippen molar-refractivity contribution in [3.8, 4) is 5.75 Å². The zero-order chi connectivity index (χ0) is 25.1. The van der Waals surface area contributed by atoms with Crippen molar-refractivity contribution >= 4 is 32.7 Å². The summed E-state index contributed by atoms with van der Waals surface area (Å²) in [5.74, 6) is -1.52. The molecule has 1 aliphatic rings. The molecule has 0 fully saturated rings. The number of hydrogen-bond acceptors (Lipinski definition) is 6. The van der Waals surface area contributed by atoms with E-state index in [2.05, 4.69) is 5.10 Å². The predicted molar refractivity (Wildman–Crippen MR) is 125 cm³/mol. The first-order valence-electron chi connectivity index (χ1n) is 10.7. The van der Waals surface area contributed by atoms with Crippen LogP contribution in [0.15, 0.2) is 29.1 Å². The summed E-state index contributed by atoms with van der Waals surface area (Å²) in [5.41, 5.74) is -0.156. The van der Waals surface area contributed by atoms with Gasteiger partial charge in [-0.3, -0.25) is 13.9 Å². The first-order valence-corrected chi connectivity index (χ1v) is 12.5. The zero-order valence-corrected chi connectivity index (χ0v) is 20.3. The lowest BCUT2D eigenvalue weighted by Gasteiger charge is -2.36. The van der Waals surface area contributed by atoms with Gasteiger partial charge in [0.25, 0.3) is 11.5 Å². The third-order valence-corrected chi connectivity index (χ3v) is 7.25. The second-order valence-corrected chi connectivity index (χ2v) is 10.8. The summed E-state index contributed by atoms with van der Waals surface area (Å²) in [5, 5.41) is 15.2. The summed E-state index contributed by atoms with van der Waals surface area (Å²) in [4.78, 5) is 28.3. The number of aromatic nitrogens is 3. The molecule has 3 heterocycles. The molecular weight excluding hydrogens is 465 g/mol. The third kappa shape index (κ3) is 3.71. The van der Waals surface area contributed by atoms with Gasteiger partial charge in [-0.2, -0.15) is 0 Å². The molecule has 10 nitrogen and oxygen atoms in total. The number of nitrogens with zero attached hydrogens (tertiary/aromatic N) is 5. The number of hydrogen-bond donors (Lipinski definition) is 1. The van der Waals surface area contributed by atoms with Gasteiger partial charge in [-0.15, -0.1) is 5.10 Å². The summed E-state index contributed by atoms with van der Waals surface area (Å²) < 4.78 is 41.6. The van der Waals surface area contributed by atoms with Crippen molar-refractivity contribution in [2.24, 2.45) is 0 Å². The van der Waals surface area contributed by atoms with Crippen molar-refractivity contribution in [2.75, 3.05) is 24.2 Å². The van der Waals surface area contributed by atoms with E-state index < -0.39 is 33.1 Å². The Hall–Kier alpha value is -3.41. The minimum atomic E-state index is -3.81. The van der Waals surface area contributed by atoms with Gasteiger partial charge in [0, 0.05) is 25.7 Å². The van der Waals surface area contributed by atoms with Crippen LogP contribution in [0.2, 0.25) is 0 Å². The molecule has 4 rings (SSSR count). The fourth-order valence-electron chi connectivity index (χ4n) is 4.25. The van der Waals surface area contributed by atoms with Crippen LogP contribution in [-0.4, -0.2) is 64.6 Å². The minimum Gasteiger partial charge on any atom is -0.505 e. The topological polar surface area (TPSA) is 118 Å². The Morgan fingerprint density at radius 1 is 1.24 bits per heavy atom. The largest absolute Gasteiger partial charge is 0.505 e. The van der Waals surface area contributed by atoms with Gasteiger partial charge in [-0.25, -0.2) is 17.5 Å². The van der Waals surface area contributed by atoms with Crippen molar-refractivity contribution < 1.29 is 22.7 Å². The highest BCUT2D eigenvalue weighted by molar-refractivity contribution is 7.92. The van der Waals surface area contributed by atoms with Crippen LogP contribution in [0.3, 0.4) is 0 Å². The number of amides is 1. The highest BCUT2D eigenvalue weighted by Gasteiger charge is 2.39. The number of halogens is 1. The number of benzene rings is 1. The van der Waals surface area contributed by atoms with Gasteiger partial charge in [0.05, 0.1) is 12.8 Å². The normalized spacial score (nSPS) is 16.4. The lowest BCUT2D eigenvalue weighted by atomic mass is 10.1. The second kappa shape index (κ2) is 8.12. The maximum absolute atomic E-state index is 13.5. The lowest BCUT2D eigenvalue weighted by molar-refractivity contribution is 0.0616. The smallest absolute Gasteiger partial charge is 0.280 e. The van der Waals surface area contributed by atoms with E-state index in [9.17, 15) is 27.5 Å². The molecule has 12 heteroatoms. The summed E-state index contributed by atoms with van der Waals surface area (Å²) in [7, 11) is -2.52. The van der Waals surface area contributed by atoms with E-state index in [1.54, 1.807) is 4.90 Å². The van der Waals surface area contributed by atoms with Crippen molar-refractivity contribution in [1.29, 1.82) is 0 Å². The molecule has 1 aromatic carbocycles. The number of sulfonamides is 1. The Labute approximate surface area is 195 Å². The molecule has 1 atom stereocenters. The van der Waals surface area contributed by atoms with E-state index in [0.717, 1.165) is 15.2 Å². The van der Waals surface area contributed by atoms with Gasteiger partial charge in [0.1, 0.15) is 16.7 Å². The molecule has 0 spiro atoms. The first-order chi connectivity index (χ1) is 15.8. The number of fused-ring (bicyclic) bond motifs is 3. The van der Waals surface area contributed by atoms with Crippen LogP contribution >= 0.6 is 0 Å². The zero-order valence-electron chi connectivity index (χ0n) is 19.5. The van der Waals surface area contributed by atoms with Gasteiger partial charge in [-0.1, -0.05) is 12.1 Å². The second-order valence-electron chi connectivity index (χ2n) is 8.83. The molecule has 0 saturated carbocycles. The molecule has 182 valence electrons. The summed E-state index contributed by atoms with van der Waals surface area (Å²) in [6, 6.07) is 4.91. The average Bonchev–Trinajstić information content (AvgIpc) is 3.07. The Morgan fingerprint density at radius 3 is 2.41 bits per heavy atom. The number of carbonyl (C=O) groups is 1. The Kier molecular flexibility index (Phi) is 5.67. The van der Waals surface area contributed by atoms with Crippen LogP contribution in [0.5, 0.6) is 5.75 Å². The molecule has 0 aliphatic carbocycles. The van der Waals surface area contributed by atoms with Crippen LogP contribution in [-0.2, 0) is 16.6 Å². The van der Waals surface area contributed by atoms with Gasteiger partial charge in [-0.05, 0) is 38.5 Å². The molecule has 1 amide bonds. The molecule has 1 N–H and O–H groups in total. The van der Waals surface area contributed by atoms with E-state index in [1.165, 1.54) is 35.9 Å². The van der Waals surface area contributed by atoms with Crippen molar-refractivity contribution in [1.82, 2.24) is 19.2 Å². The number of rotatable bonds is 5. The lowest BCUT2D eigenvalue weighted by Crippen LogP contribution is -2.45. The number of carbonyl (C=O) groups excluding carboxylic acids is 1. The van der Waals surface area contributed by atoms with Crippen LogP contribution in [0.25, 0.3) is 10.9 Å². The summed E-state index contributed by atoms with van der Waals surface area (Å²) in [6.07, 6.45) is 0.991. The van der Waals surface area contributed by atoms with Crippen molar-refractivity contribution in [3.05, 3.63) is 51.7 Å². The van der Waals surface area contributed by atoms with Crippen LogP contribution in [0.4, 0.5) is 10.2 Å². The van der Waals surface area contributed by atoms with Gasteiger partial charge < -0.3 is 14.6 Å². The maximum Gasteiger partial charge on any atom is 0.280 e. The molecule has 34 heavy (non-hydrogen) atoms. The van der Waals surface area contributed by atoms with E-state index in [1.807, 2.05) is 20.8 Å². The quantitative estimate of drug-likeness (QED) is 0.583. The summed E-state index contributed by atoms with van der Waals surface area (Å²) in [6.45, 7) is 5.73. The van der Waals surface area contributed by atoms with Crippen LogP contribution in [0, 0.1) is 5.82 Å². The molecule has 3 aromatic rings. The molecule has 1 aliphatic heterocycles. The summed E-state index contributed by atoms with van der Waals surface area (Å²) >= 11 is 0. The third-order valence-electron chi connectivity index (χ3n) is 6.09. The van der Waals surface area contributed by atoms with Crippen molar-refractivity contribution in [2.45, 2.75) is 39.4 Å². The Bertz CT molecular complexity index is 1460. The monoisotopic (exact) mass is 491 g/mol. The SMILES string of the molecule is CC(C)N1C[C@H](C)n2c(c(O)c3c(=O)n(Cc4ccc(F)cc4)nc(N(C)S(C)(=O)=O)c32)C1=O. The van der Waals surface area contributed by atoms with Crippen LogP contribution in [0.1, 0.15) is 42.9 Å². The Balaban J connectivity index is 2.06. The number of anilines is 1. The van der Waals surface area contributed by atoms with E-state index in [0.29, 0.717) is 12.1 Å².